The van der Waals surface area contributed by atoms with Crippen LogP contribution in [0.25, 0.3) is 0 Å². The lowest BCUT2D eigenvalue weighted by molar-refractivity contribution is -0.176. The van der Waals surface area contributed by atoms with Crippen LogP contribution in [0.2, 0.25) is 0 Å². The Morgan fingerprint density at radius 3 is 2.79 bits per heavy atom. The number of amides is 1. The zero-order valence-corrected chi connectivity index (χ0v) is 11.4. The van der Waals surface area contributed by atoms with Gasteiger partial charge in [-0.3, -0.25) is 4.79 Å². The number of carbonyl (C=O) groups is 1. The normalized spacial score (nSPS) is 24.3. The van der Waals surface area contributed by atoms with E-state index in [4.69, 9.17) is 9.47 Å². The van der Waals surface area contributed by atoms with Crippen LogP contribution >= 0.6 is 0 Å². The number of hydrogen-bond donors (Lipinski definition) is 0. The number of nitrogens with zero attached hydrogens (tertiary/aromatic N) is 1. The summed E-state index contributed by atoms with van der Waals surface area (Å²) in [6.07, 6.45) is 1.02. The van der Waals surface area contributed by atoms with E-state index in [0.717, 1.165) is 24.3 Å². The summed E-state index contributed by atoms with van der Waals surface area (Å²) in [5, 5.41) is 0. The molecule has 1 aromatic rings. The van der Waals surface area contributed by atoms with Crippen LogP contribution in [0.15, 0.2) is 24.3 Å². The van der Waals surface area contributed by atoms with Gasteiger partial charge in [0.25, 0.3) is 0 Å². The Kier molecular flexibility index (Phi) is 2.97. The van der Waals surface area contributed by atoms with E-state index in [1.54, 1.807) is 7.11 Å². The molecule has 1 amide bonds. The molecule has 1 atom stereocenters. The maximum atomic E-state index is 12.5. The number of hydrogen-bond acceptors (Lipinski definition) is 3. The Morgan fingerprint density at radius 2 is 2.26 bits per heavy atom. The number of ether oxygens (including phenoxy) is 2. The van der Waals surface area contributed by atoms with Gasteiger partial charge in [0.15, 0.2) is 0 Å². The summed E-state index contributed by atoms with van der Waals surface area (Å²) < 4.78 is 10.4. The molecular formula is C15H19NO3. The van der Waals surface area contributed by atoms with Crippen LogP contribution in [0.4, 0.5) is 0 Å². The van der Waals surface area contributed by atoms with Gasteiger partial charge in [0, 0.05) is 6.54 Å². The molecule has 2 aliphatic rings. The van der Waals surface area contributed by atoms with E-state index >= 15 is 0 Å². The van der Waals surface area contributed by atoms with Crippen molar-refractivity contribution in [2.75, 3.05) is 26.9 Å². The molecule has 19 heavy (non-hydrogen) atoms. The molecule has 2 aliphatic heterocycles. The van der Waals surface area contributed by atoms with Crippen molar-refractivity contribution in [1.29, 1.82) is 0 Å². The number of carbonyl (C=O) groups excluding carboxylic acids is 1. The predicted molar refractivity (Wildman–Crippen MR) is 71.0 cm³/mol. The van der Waals surface area contributed by atoms with E-state index in [0.29, 0.717) is 13.2 Å². The molecule has 1 unspecified atom stereocenters. The Balaban J connectivity index is 1.77. The molecule has 1 aromatic carbocycles. The lowest BCUT2D eigenvalue weighted by Crippen LogP contribution is -2.57. The van der Waals surface area contributed by atoms with Crippen LogP contribution in [-0.4, -0.2) is 37.7 Å². The average Bonchev–Trinajstić information content (AvgIpc) is 2.34. The Morgan fingerprint density at radius 1 is 1.47 bits per heavy atom. The molecule has 2 heterocycles. The molecule has 0 spiro atoms. The fraction of sp³-hybridized carbons (Fsp3) is 0.533. The monoisotopic (exact) mass is 261 g/mol. The second kappa shape index (κ2) is 4.53. The standard InChI is InChI=1S/C15H19NO3/c1-15(9-19-10-15)14(17)16-7-6-13(16)11-4-3-5-12(8-11)18-2/h3-5,8,13H,6-7,9-10H2,1-2H3. The summed E-state index contributed by atoms with van der Waals surface area (Å²) in [4.78, 5) is 14.5. The molecule has 102 valence electrons. The van der Waals surface area contributed by atoms with Crippen molar-refractivity contribution in [2.24, 2.45) is 5.41 Å². The lowest BCUT2D eigenvalue weighted by Gasteiger charge is -2.48. The van der Waals surface area contributed by atoms with Gasteiger partial charge in [0.1, 0.15) is 5.75 Å². The number of rotatable bonds is 3. The van der Waals surface area contributed by atoms with Crippen LogP contribution in [0.3, 0.4) is 0 Å². The van der Waals surface area contributed by atoms with Crippen molar-refractivity contribution in [3.05, 3.63) is 29.8 Å². The summed E-state index contributed by atoms with van der Waals surface area (Å²) >= 11 is 0. The zero-order chi connectivity index (χ0) is 13.5. The van der Waals surface area contributed by atoms with Crippen molar-refractivity contribution in [3.8, 4) is 5.75 Å². The Bertz CT molecular complexity index is 496. The number of benzene rings is 1. The minimum Gasteiger partial charge on any atom is -0.497 e. The highest BCUT2D eigenvalue weighted by Crippen LogP contribution is 2.40. The molecule has 4 heteroatoms. The van der Waals surface area contributed by atoms with E-state index < -0.39 is 0 Å². The quantitative estimate of drug-likeness (QED) is 0.835. The van der Waals surface area contributed by atoms with Crippen LogP contribution in [0.1, 0.15) is 24.9 Å². The summed E-state index contributed by atoms with van der Waals surface area (Å²) in [6, 6.07) is 8.18. The van der Waals surface area contributed by atoms with Gasteiger partial charge in [-0.05, 0) is 31.0 Å². The van der Waals surface area contributed by atoms with E-state index in [2.05, 4.69) is 6.07 Å². The van der Waals surface area contributed by atoms with Gasteiger partial charge in [-0.2, -0.15) is 0 Å². The largest absolute Gasteiger partial charge is 0.497 e. The first-order valence-electron chi connectivity index (χ1n) is 6.67. The summed E-state index contributed by atoms with van der Waals surface area (Å²) in [5.74, 6) is 1.06. The highest BCUT2D eigenvalue weighted by Gasteiger charge is 2.47. The highest BCUT2D eigenvalue weighted by molar-refractivity contribution is 5.84. The number of methoxy groups -OCH3 is 1. The van der Waals surface area contributed by atoms with E-state index in [9.17, 15) is 4.79 Å². The van der Waals surface area contributed by atoms with Crippen LogP contribution in [0, 0.1) is 5.41 Å². The fourth-order valence-electron chi connectivity index (χ4n) is 2.70. The van der Waals surface area contributed by atoms with Crippen molar-refractivity contribution in [1.82, 2.24) is 4.90 Å². The van der Waals surface area contributed by atoms with E-state index in [-0.39, 0.29) is 17.4 Å². The molecule has 2 fully saturated rings. The second-order valence-corrected chi connectivity index (χ2v) is 5.63. The second-order valence-electron chi connectivity index (χ2n) is 5.63. The minimum absolute atomic E-state index is 0.194. The molecule has 4 nitrogen and oxygen atoms in total. The van der Waals surface area contributed by atoms with Gasteiger partial charge in [-0.25, -0.2) is 0 Å². The SMILES string of the molecule is COc1cccc(C2CCN2C(=O)C2(C)COC2)c1. The van der Waals surface area contributed by atoms with E-state index in [1.807, 2.05) is 30.0 Å². The molecule has 0 bridgehead atoms. The van der Waals surface area contributed by atoms with Crippen molar-refractivity contribution in [2.45, 2.75) is 19.4 Å². The topological polar surface area (TPSA) is 38.8 Å². The van der Waals surface area contributed by atoms with Gasteiger partial charge >= 0.3 is 0 Å². The van der Waals surface area contributed by atoms with Crippen LogP contribution in [0.5, 0.6) is 5.75 Å². The summed E-state index contributed by atoms with van der Waals surface area (Å²) in [6.45, 7) is 3.93. The van der Waals surface area contributed by atoms with E-state index in [1.165, 1.54) is 0 Å². The van der Waals surface area contributed by atoms with Gasteiger partial charge in [-0.1, -0.05) is 12.1 Å². The third-order valence-electron chi connectivity index (χ3n) is 4.12. The van der Waals surface area contributed by atoms with Crippen molar-refractivity contribution >= 4 is 5.91 Å². The maximum absolute atomic E-state index is 12.5. The first-order valence-corrected chi connectivity index (χ1v) is 6.67. The third-order valence-corrected chi connectivity index (χ3v) is 4.12. The number of likely N-dealkylation sites (tertiary alicyclic amines) is 1. The molecular weight excluding hydrogens is 242 g/mol. The molecule has 0 radical (unpaired) electrons. The molecule has 0 saturated carbocycles. The fourth-order valence-corrected chi connectivity index (χ4v) is 2.70. The summed E-state index contributed by atoms with van der Waals surface area (Å²) in [5.41, 5.74) is 0.847. The maximum Gasteiger partial charge on any atom is 0.233 e. The van der Waals surface area contributed by atoms with Gasteiger partial charge in [-0.15, -0.1) is 0 Å². The Hall–Kier alpha value is -1.55. The smallest absolute Gasteiger partial charge is 0.233 e. The van der Waals surface area contributed by atoms with Crippen LogP contribution < -0.4 is 4.74 Å². The zero-order valence-electron chi connectivity index (χ0n) is 11.4. The van der Waals surface area contributed by atoms with Crippen molar-refractivity contribution < 1.29 is 14.3 Å². The predicted octanol–water partition coefficient (Wildman–Crippen LogP) is 2.01. The van der Waals surface area contributed by atoms with Crippen LogP contribution in [-0.2, 0) is 9.53 Å². The van der Waals surface area contributed by atoms with Gasteiger partial charge < -0.3 is 14.4 Å². The summed E-state index contributed by atoms with van der Waals surface area (Å²) in [7, 11) is 1.66. The molecule has 3 rings (SSSR count). The lowest BCUT2D eigenvalue weighted by atomic mass is 9.83. The first-order chi connectivity index (χ1) is 9.14. The minimum atomic E-state index is -0.308. The van der Waals surface area contributed by atoms with Gasteiger partial charge in [0.05, 0.1) is 31.8 Å². The molecule has 0 N–H and O–H groups in total. The molecule has 2 saturated heterocycles. The Labute approximate surface area is 113 Å². The van der Waals surface area contributed by atoms with Gasteiger partial charge in [0.2, 0.25) is 5.91 Å². The van der Waals surface area contributed by atoms with Crippen molar-refractivity contribution in [3.63, 3.8) is 0 Å². The first kappa shape index (κ1) is 12.5. The third kappa shape index (κ3) is 2.00. The highest BCUT2D eigenvalue weighted by atomic mass is 16.5. The average molecular weight is 261 g/mol. The molecule has 0 aromatic heterocycles. The molecule has 0 aliphatic carbocycles.